The highest BCUT2D eigenvalue weighted by molar-refractivity contribution is 5.99. The van der Waals surface area contributed by atoms with Gasteiger partial charge in [0.25, 0.3) is 5.91 Å². The number of carbonyl (C=O) groups excluding carboxylic acids is 1. The van der Waals surface area contributed by atoms with E-state index in [9.17, 15) is 10.1 Å². The van der Waals surface area contributed by atoms with Gasteiger partial charge in [-0.15, -0.1) is 0 Å². The fourth-order valence-corrected chi connectivity index (χ4v) is 4.78. The van der Waals surface area contributed by atoms with Crippen LogP contribution >= 0.6 is 0 Å². The van der Waals surface area contributed by atoms with Gasteiger partial charge in [-0.05, 0) is 36.5 Å². The van der Waals surface area contributed by atoms with Crippen LogP contribution in [-0.2, 0) is 13.1 Å². The van der Waals surface area contributed by atoms with Crippen LogP contribution in [0.2, 0.25) is 0 Å². The van der Waals surface area contributed by atoms with E-state index >= 15 is 0 Å². The minimum atomic E-state index is -0.0417. The Morgan fingerprint density at radius 3 is 2.74 bits per heavy atom. The van der Waals surface area contributed by atoms with Gasteiger partial charge in [0.1, 0.15) is 11.8 Å². The number of amides is 1. The van der Waals surface area contributed by atoms with Crippen LogP contribution in [-0.4, -0.2) is 37.6 Å². The minimum absolute atomic E-state index is 0.0417. The molecule has 0 spiro atoms. The SMILES string of the molecule is CN1Cc2ncc(-c3nc(C#N)ccc3-c3cnn(CC4(C)CCCC4)c3)cc2C1=O. The van der Waals surface area contributed by atoms with Gasteiger partial charge < -0.3 is 4.90 Å². The molecule has 0 bridgehead atoms. The second-order valence-corrected chi connectivity index (χ2v) is 9.03. The first-order chi connectivity index (χ1) is 15.0. The van der Waals surface area contributed by atoms with Crippen molar-refractivity contribution < 1.29 is 4.79 Å². The Hall–Kier alpha value is -3.53. The first-order valence-electron chi connectivity index (χ1n) is 10.6. The van der Waals surface area contributed by atoms with E-state index < -0.39 is 0 Å². The van der Waals surface area contributed by atoms with Gasteiger partial charge in [-0.2, -0.15) is 10.4 Å². The summed E-state index contributed by atoms with van der Waals surface area (Å²) in [5, 5.41) is 14.0. The number of nitrogens with zero attached hydrogens (tertiary/aromatic N) is 6. The topological polar surface area (TPSA) is 87.7 Å². The van der Waals surface area contributed by atoms with Gasteiger partial charge >= 0.3 is 0 Å². The second-order valence-electron chi connectivity index (χ2n) is 9.03. The van der Waals surface area contributed by atoms with Crippen molar-refractivity contribution in [3.63, 3.8) is 0 Å². The molecule has 0 N–H and O–H groups in total. The number of aromatic nitrogens is 4. The molecule has 1 amide bonds. The molecular formula is C24H24N6O. The summed E-state index contributed by atoms with van der Waals surface area (Å²) in [6, 6.07) is 7.57. The molecule has 2 aliphatic rings. The normalized spacial score (nSPS) is 17.1. The molecule has 1 aliphatic heterocycles. The number of nitriles is 1. The summed E-state index contributed by atoms with van der Waals surface area (Å²) in [7, 11) is 1.77. The maximum Gasteiger partial charge on any atom is 0.255 e. The molecule has 1 fully saturated rings. The van der Waals surface area contributed by atoms with Crippen molar-refractivity contribution in [3.8, 4) is 28.5 Å². The average Bonchev–Trinajstić information content (AvgIpc) is 3.48. The van der Waals surface area contributed by atoms with E-state index in [1.54, 1.807) is 24.2 Å². The Labute approximate surface area is 181 Å². The van der Waals surface area contributed by atoms with Gasteiger partial charge in [0.15, 0.2) is 0 Å². The molecule has 3 aromatic heterocycles. The number of fused-ring (bicyclic) bond motifs is 1. The standard InChI is InChI=1S/C24H24N6O/c1-24(7-3-4-8-24)15-30-13-17(12-27-30)19-6-5-18(10-25)28-22(19)16-9-20-21(26-11-16)14-29(2)23(20)31/h5-6,9,11-13H,3-4,7-8,14-15H2,1-2H3. The fourth-order valence-electron chi connectivity index (χ4n) is 4.78. The molecule has 31 heavy (non-hydrogen) atoms. The second kappa shape index (κ2) is 7.31. The summed E-state index contributed by atoms with van der Waals surface area (Å²) in [6.07, 6.45) is 10.7. The van der Waals surface area contributed by atoms with E-state index in [2.05, 4.69) is 34.3 Å². The molecule has 0 atom stereocenters. The molecule has 1 aliphatic carbocycles. The molecule has 5 rings (SSSR count). The van der Waals surface area contributed by atoms with E-state index in [-0.39, 0.29) is 5.91 Å². The lowest BCUT2D eigenvalue weighted by Gasteiger charge is -2.22. The van der Waals surface area contributed by atoms with E-state index in [1.807, 2.05) is 23.0 Å². The van der Waals surface area contributed by atoms with Crippen molar-refractivity contribution in [2.75, 3.05) is 7.05 Å². The first kappa shape index (κ1) is 19.4. The van der Waals surface area contributed by atoms with Crippen LogP contribution in [0, 0.1) is 16.7 Å². The van der Waals surface area contributed by atoms with Crippen LogP contribution in [0.25, 0.3) is 22.4 Å². The number of hydrogen-bond donors (Lipinski definition) is 0. The minimum Gasteiger partial charge on any atom is -0.336 e. The quantitative estimate of drug-likeness (QED) is 0.645. The molecule has 0 aromatic carbocycles. The van der Waals surface area contributed by atoms with Crippen LogP contribution in [0.4, 0.5) is 0 Å². The zero-order chi connectivity index (χ0) is 21.6. The molecule has 4 heterocycles. The Balaban J connectivity index is 1.55. The molecule has 0 radical (unpaired) electrons. The number of pyridine rings is 2. The van der Waals surface area contributed by atoms with Gasteiger partial charge in [-0.25, -0.2) is 4.98 Å². The highest BCUT2D eigenvalue weighted by atomic mass is 16.2. The van der Waals surface area contributed by atoms with Crippen LogP contribution in [0.15, 0.2) is 36.8 Å². The highest BCUT2D eigenvalue weighted by Gasteiger charge is 2.30. The van der Waals surface area contributed by atoms with Crippen molar-refractivity contribution in [3.05, 3.63) is 53.7 Å². The van der Waals surface area contributed by atoms with E-state index in [4.69, 9.17) is 0 Å². The lowest BCUT2D eigenvalue weighted by atomic mass is 9.89. The van der Waals surface area contributed by atoms with Gasteiger partial charge in [-0.3, -0.25) is 14.5 Å². The maximum atomic E-state index is 12.5. The Morgan fingerprint density at radius 2 is 1.97 bits per heavy atom. The van der Waals surface area contributed by atoms with Gasteiger partial charge in [0.2, 0.25) is 0 Å². The summed E-state index contributed by atoms with van der Waals surface area (Å²) < 4.78 is 2.02. The Bertz CT molecular complexity index is 1220. The van der Waals surface area contributed by atoms with Crippen LogP contribution in [0.1, 0.15) is 54.4 Å². The monoisotopic (exact) mass is 412 g/mol. The van der Waals surface area contributed by atoms with E-state index in [1.165, 1.54) is 25.7 Å². The number of carbonyl (C=O) groups is 1. The largest absolute Gasteiger partial charge is 0.336 e. The molecule has 0 saturated heterocycles. The Kier molecular flexibility index (Phi) is 4.58. The molecule has 156 valence electrons. The van der Waals surface area contributed by atoms with Crippen molar-refractivity contribution in [1.82, 2.24) is 24.6 Å². The van der Waals surface area contributed by atoms with Crippen LogP contribution in [0.5, 0.6) is 0 Å². The fraction of sp³-hybridized carbons (Fsp3) is 0.375. The van der Waals surface area contributed by atoms with Gasteiger partial charge in [-0.1, -0.05) is 19.8 Å². The number of rotatable bonds is 4. The molecule has 1 saturated carbocycles. The summed E-state index contributed by atoms with van der Waals surface area (Å²) in [5.41, 5.74) is 5.18. The lowest BCUT2D eigenvalue weighted by molar-refractivity contribution is 0.0816. The molecule has 3 aromatic rings. The zero-order valence-electron chi connectivity index (χ0n) is 17.8. The maximum absolute atomic E-state index is 12.5. The predicted molar refractivity (Wildman–Crippen MR) is 116 cm³/mol. The Morgan fingerprint density at radius 1 is 1.16 bits per heavy atom. The van der Waals surface area contributed by atoms with E-state index in [0.29, 0.717) is 28.9 Å². The van der Waals surface area contributed by atoms with Crippen molar-refractivity contribution in [1.29, 1.82) is 5.26 Å². The van der Waals surface area contributed by atoms with Gasteiger partial charge in [0, 0.05) is 42.7 Å². The van der Waals surface area contributed by atoms with Crippen molar-refractivity contribution in [2.45, 2.75) is 45.7 Å². The summed E-state index contributed by atoms with van der Waals surface area (Å²) in [5.74, 6) is -0.0417. The lowest BCUT2D eigenvalue weighted by Crippen LogP contribution is -2.19. The molecular weight excluding hydrogens is 388 g/mol. The third-order valence-corrected chi connectivity index (χ3v) is 6.52. The smallest absolute Gasteiger partial charge is 0.255 e. The van der Waals surface area contributed by atoms with Crippen molar-refractivity contribution >= 4 is 5.91 Å². The molecule has 7 nitrogen and oxygen atoms in total. The summed E-state index contributed by atoms with van der Waals surface area (Å²) in [4.78, 5) is 23.2. The molecule has 7 heteroatoms. The molecule has 0 unspecified atom stereocenters. The third kappa shape index (κ3) is 3.48. The van der Waals surface area contributed by atoms with Crippen molar-refractivity contribution in [2.24, 2.45) is 5.41 Å². The number of hydrogen-bond acceptors (Lipinski definition) is 5. The summed E-state index contributed by atoms with van der Waals surface area (Å²) >= 11 is 0. The predicted octanol–water partition coefficient (Wildman–Crippen LogP) is 4.04. The highest BCUT2D eigenvalue weighted by Crippen LogP contribution is 2.39. The van der Waals surface area contributed by atoms with E-state index in [0.717, 1.165) is 28.9 Å². The average molecular weight is 412 g/mol. The first-order valence-corrected chi connectivity index (χ1v) is 10.6. The van der Waals surface area contributed by atoms with Gasteiger partial charge in [0.05, 0.1) is 29.7 Å². The third-order valence-electron chi connectivity index (χ3n) is 6.52. The summed E-state index contributed by atoms with van der Waals surface area (Å²) in [6.45, 7) is 3.74. The zero-order valence-corrected chi connectivity index (χ0v) is 17.8. The van der Waals surface area contributed by atoms with Crippen LogP contribution < -0.4 is 0 Å². The van der Waals surface area contributed by atoms with Crippen LogP contribution in [0.3, 0.4) is 0 Å².